The number of nitro groups is 1. The van der Waals surface area contributed by atoms with E-state index in [0.29, 0.717) is 7.05 Å². The van der Waals surface area contributed by atoms with Crippen molar-refractivity contribution in [3.8, 4) is 0 Å². The normalized spacial score (nSPS) is 12.9. The molecule has 0 amide bonds. The largest absolute Gasteiger partial charge is 0.459 e. The van der Waals surface area contributed by atoms with Crippen molar-refractivity contribution < 1.29 is 40.0 Å². The Morgan fingerprint density at radius 1 is 1.11 bits per heavy atom. The van der Waals surface area contributed by atoms with Gasteiger partial charge in [-0.1, -0.05) is 0 Å². The summed E-state index contributed by atoms with van der Waals surface area (Å²) in [7, 11) is 0.714. The number of aryl methyl sites for hydroxylation is 2. The van der Waals surface area contributed by atoms with Gasteiger partial charge in [-0.15, -0.1) is 0 Å². The molecule has 2 aromatic rings. The standard InChI is InChI=1S/C13H9F8N5O2/c1-5-6(26(27)28)3-4-7(22-5)23-10-8(12(16,17)18)9(24-25(10)2)11(14,15)13(19,20)21/h3-4H,1-2H3,(H,22,23). The molecule has 0 spiro atoms. The molecule has 0 bridgehead atoms. The number of aromatic nitrogens is 3. The minimum Gasteiger partial charge on any atom is -0.325 e. The zero-order valence-electron chi connectivity index (χ0n) is 13.8. The number of alkyl halides is 8. The van der Waals surface area contributed by atoms with Gasteiger partial charge in [0.15, 0.2) is 5.69 Å². The number of anilines is 2. The Balaban J connectivity index is 2.63. The van der Waals surface area contributed by atoms with E-state index in [2.05, 4.69) is 10.1 Å². The van der Waals surface area contributed by atoms with E-state index in [4.69, 9.17) is 0 Å². The third kappa shape index (κ3) is 3.68. The van der Waals surface area contributed by atoms with Crippen LogP contribution in [0.5, 0.6) is 0 Å². The second-order valence-corrected chi connectivity index (χ2v) is 5.45. The summed E-state index contributed by atoms with van der Waals surface area (Å²) in [4.78, 5) is 13.5. The van der Waals surface area contributed by atoms with Gasteiger partial charge in [-0.25, -0.2) is 4.98 Å². The van der Waals surface area contributed by atoms with Crippen LogP contribution in [0.1, 0.15) is 17.0 Å². The van der Waals surface area contributed by atoms with Gasteiger partial charge in [0.25, 0.3) is 5.69 Å². The Bertz CT molecular complexity index is 919. The number of halogens is 8. The summed E-state index contributed by atoms with van der Waals surface area (Å²) in [5.41, 5.74) is -5.58. The highest BCUT2D eigenvalue weighted by Crippen LogP contribution is 2.49. The van der Waals surface area contributed by atoms with Gasteiger partial charge in [-0.2, -0.15) is 40.2 Å². The van der Waals surface area contributed by atoms with Crippen molar-refractivity contribution in [3.63, 3.8) is 0 Å². The van der Waals surface area contributed by atoms with E-state index >= 15 is 0 Å². The first kappa shape index (κ1) is 21.3. The van der Waals surface area contributed by atoms with Gasteiger partial charge < -0.3 is 5.32 Å². The highest BCUT2D eigenvalue weighted by atomic mass is 19.4. The lowest BCUT2D eigenvalue weighted by Crippen LogP contribution is -2.36. The summed E-state index contributed by atoms with van der Waals surface area (Å²) in [6.07, 6.45) is -11.9. The zero-order valence-corrected chi connectivity index (χ0v) is 13.8. The van der Waals surface area contributed by atoms with Crippen molar-refractivity contribution in [3.05, 3.63) is 39.2 Å². The Morgan fingerprint density at radius 3 is 2.11 bits per heavy atom. The van der Waals surface area contributed by atoms with Crippen LogP contribution in [-0.4, -0.2) is 25.9 Å². The van der Waals surface area contributed by atoms with Crippen LogP contribution < -0.4 is 5.32 Å². The lowest BCUT2D eigenvalue weighted by atomic mass is 10.1. The summed E-state index contributed by atoms with van der Waals surface area (Å²) in [6, 6.07) is 1.74. The Morgan fingerprint density at radius 2 is 1.68 bits per heavy atom. The minimum absolute atomic E-state index is 0.149. The van der Waals surface area contributed by atoms with Crippen molar-refractivity contribution >= 4 is 17.3 Å². The molecular weight excluding hydrogens is 410 g/mol. The van der Waals surface area contributed by atoms with Gasteiger partial charge in [-0.3, -0.25) is 14.8 Å². The molecule has 2 aromatic heterocycles. The van der Waals surface area contributed by atoms with E-state index in [9.17, 15) is 45.2 Å². The third-order valence-electron chi connectivity index (χ3n) is 3.49. The molecule has 0 saturated carbocycles. The fourth-order valence-electron chi connectivity index (χ4n) is 2.23. The Kier molecular flexibility index (Phi) is 4.99. The van der Waals surface area contributed by atoms with Crippen LogP contribution in [0.4, 0.5) is 52.4 Å². The molecule has 0 radical (unpaired) electrons. The quantitative estimate of drug-likeness (QED) is 0.450. The molecule has 0 atom stereocenters. The van der Waals surface area contributed by atoms with Crippen LogP contribution in [0.15, 0.2) is 12.1 Å². The fourth-order valence-corrected chi connectivity index (χ4v) is 2.23. The monoisotopic (exact) mass is 419 g/mol. The van der Waals surface area contributed by atoms with Crippen LogP contribution in [-0.2, 0) is 19.1 Å². The molecule has 0 aliphatic rings. The molecule has 0 saturated heterocycles. The van der Waals surface area contributed by atoms with Crippen LogP contribution in [0.2, 0.25) is 0 Å². The Labute approximate surface area is 150 Å². The third-order valence-corrected chi connectivity index (χ3v) is 3.49. The lowest BCUT2D eigenvalue weighted by molar-refractivity contribution is -0.385. The van der Waals surface area contributed by atoms with E-state index in [1.807, 2.05) is 5.32 Å². The van der Waals surface area contributed by atoms with E-state index in [-0.39, 0.29) is 10.4 Å². The highest BCUT2D eigenvalue weighted by molar-refractivity contribution is 5.61. The molecule has 0 aromatic carbocycles. The van der Waals surface area contributed by atoms with E-state index in [1.165, 1.54) is 0 Å². The predicted octanol–water partition coefficient (Wildman–Crippen LogP) is 4.45. The predicted molar refractivity (Wildman–Crippen MR) is 77.1 cm³/mol. The summed E-state index contributed by atoms with van der Waals surface area (Å²) in [6.45, 7) is 1.15. The number of hydrogen-bond donors (Lipinski definition) is 1. The molecule has 1 N–H and O–H groups in total. The van der Waals surface area contributed by atoms with Crippen molar-refractivity contribution in [2.75, 3.05) is 5.32 Å². The molecule has 0 aliphatic heterocycles. The van der Waals surface area contributed by atoms with E-state index < -0.39 is 51.8 Å². The van der Waals surface area contributed by atoms with Gasteiger partial charge >= 0.3 is 18.3 Å². The Hall–Kier alpha value is -3.00. The van der Waals surface area contributed by atoms with Crippen LogP contribution in [0.25, 0.3) is 0 Å². The molecular formula is C13H9F8N5O2. The smallest absolute Gasteiger partial charge is 0.325 e. The molecule has 0 fully saturated rings. The number of rotatable bonds is 4. The van der Waals surface area contributed by atoms with E-state index in [0.717, 1.165) is 19.1 Å². The SMILES string of the molecule is Cc1nc(Nc2c(C(F)(F)F)c(C(F)(F)C(F)(F)F)nn2C)ccc1[N+](=O)[O-]. The van der Waals surface area contributed by atoms with Gasteiger partial charge in [0, 0.05) is 13.1 Å². The summed E-state index contributed by atoms with van der Waals surface area (Å²) >= 11 is 0. The molecule has 7 nitrogen and oxygen atoms in total. The molecule has 2 heterocycles. The maximum atomic E-state index is 13.6. The first-order valence-electron chi connectivity index (χ1n) is 7.05. The second kappa shape index (κ2) is 6.56. The topological polar surface area (TPSA) is 85.9 Å². The van der Waals surface area contributed by atoms with Crippen molar-refractivity contribution in [1.29, 1.82) is 0 Å². The minimum atomic E-state index is -6.32. The van der Waals surface area contributed by atoms with Crippen LogP contribution in [0.3, 0.4) is 0 Å². The summed E-state index contributed by atoms with van der Waals surface area (Å²) < 4.78 is 105. The summed E-state index contributed by atoms with van der Waals surface area (Å²) in [5, 5.41) is 15.4. The summed E-state index contributed by atoms with van der Waals surface area (Å²) in [5.74, 6) is -7.58. The van der Waals surface area contributed by atoms with Crippen molar-refractivity contribution in [2.45, 2.75) is 25.2 Å². The van der Waals surface area contributed by atoms with Gasteiger partial charge in [0.2, 0.25) is 0 Å². The van der Waals surface area contributed by atoms with Crippen molar-refractivity contribution in [1.82, 2.24) is 14.8 Å². The molecule has 0 aliphatic carbocycles. The molecule has 2 rings (SSSR count). The molecule has 0 unspecified atom stereocenters. The van der Waals surface area contributed by atoms with Crippen LogP contribution in [0, 0.1) is 17.0 Å². The lowest BCUT2D eigenvalue weighted by Gasteiger charge is -2.19. The average Bonchev–Trinajstić information content (AvgIpc) is 2.83. The molecule has 154 valence electrons. The van der Waals surface area contributed by atoms with E-state index in [1.54, 1.807) is 0 Å². The van der Waals surface area contributed by atoms with Crippen molar-refractivity contribution in [2.24, 2.45) is 7.05 Å². The van der Waals surface area contributed by atoms with Gasteiger partial charge in [-0.05, 0) is 13.0 Å². The maximum absolute atomic E-state index is 13.6. The average molecular weight is 419 g/mol. The number of pyridine rings is 1. The molecule has 15 heteroatoms. The van der Waals surface area contributed by atoms with Crippen LogP contribution >= 0.6 is 0 Å². The van der Waals surface area contributed by atoms with Gasteiger partial charge in [0.1, 0.15) is 22.9 Å². The first-order chi connectivity index (χ1) is 12.6. The molecule has 28 heavy (non-hydrogen) atoms. The number of nitrogens with one attached hydrogen (secondary N) is 1. The number of nitrogens with zero attached hydrogens (tertiary/aromatic N) is 4. The number of hydrogen-bond acceptors (Lipinski definition) is 5. The zero-order chi connectivity index (χ0) is 21.7. The highest BCUT2D eigenvalue weighted by Gasteiger charge is 2.64. The maximum Gasteiger partial charge on any atom is 0.459 e. The fraction of sp³-hybridized carbons (Fsp3) is 0.385. The first-order valence-corrected chi connectivity index (χ1v) is 7.05. The van der Waals surface area contributed by atoms with Gasteiger partial charge in [0.05, 0.1) is 4.92 Å². The second-order valence-electron chi connectivity index (χ2n) is 5.45.